The monoisotopic (exact) mass is 395 g/mol. The van der Waals surface area contributed by atoms with Gasteiger partial charge in [-0.1, -0.05) is 69.5 Å². The van der Waals surface area contributed by atoms with E-state index in [0.717, 1.165) is 24.7 Å². The van der Waals surface area contributed by atoms with Crippen LogP contribution in [0.3, 0.4) is 0 Å². The standard InChI is InChI=1S/C25H34N2O.CH4/c1-4-10-21(11-5-1)19-28-25-18-23(22-12-6-2-7-13-22)14-15-24(25)26-20-27-16-8-3-9-17-27;/h2,6-7,12-15,18,21,26H,1,3-5,8-11,16-17,19-20H2;1H4/i;1D. The molecule has 0 unspecified atom stereocenters. The molecule has 158 valence electrons. The Labute approximate surface area is 178 Å². The van der Waals surface area contributed by atoms with Gasteiger partial charge in [-0.05, 0) is 68.0 Å². The fourth-order valence-corrected chi connectivity index (χ4v) is 4.47. The van der Waals surface area contributed by atoms with Crippen LogP contribution in [0.2, 0.25) is 0 Å². The topological polar surface area (TPSA) is 24.5 Å². The number of benzene rings is 2. The van der Waals surface area contributed by atoms with Gasteiger partial charge in [-0.2, -0.15) is 0 Å². The Morgan fingerprint density at radius 2 is 1.62 bits per heavy atom. The molecule has 3 nitrogen and oxygen atoms in total. The third-order valence-corrected chi connectivity index (χ3v) is 6.23. The minimum atomic E-state index is 0.712. The highest BCUT2D eigenvalue weighted by Gasteiger charge is 2.16. The number of rotatable bonds is 7. The van der Waals surface area contributed by atoms with Crippen LogP contribution < -0.4 is 10.1 Å². The largest absolute Gasteiger partial charge is 0.491 e. The molecule has 2 aromatic rings. The van der Waals surface area contributed by atoms with Crippen LogP contribution >= 0.6 is 0 Å². The summed E-state index contributed by atoms with van der Waals surface area (Å²) in [6, 6.07) is 17.2. The number of hydrogen-bond acceptors (Lipinski definition) is 3. The van der Waals surface area contributed by atoms with Crippen molar-refractivity contribution in [1.29, 1.82) is 0 Å². The zero-order valence-corrected chi connectivity index (χ0v) is 18.0. The van der Waals surface area contributed by atoms with Crippen LogP contribution in [0, 0.1) is 5.92 Å². The summed E-state index contributed by atoms with van der Waals surface area (Å²) >= 11 is 0. The first-order valence-electron chi connectivity index (χ1n) is 12.2. The normalized spacial score (nSPS) is 18.3. The molecule has 3 heteroatoms. The quantitative estimate of drug-likeness (QED) is 0.557. The number of hydrogen-bond donors (Lipinski definition) is 1. The molecule has 4 rings (SSSR count). The first-order valence-corrected chi connectivity index (χ1v) is 11.2. The minimum Gasteiger partial charge on any atom is -0.491 e. The zero-order chi connectivity index (χ0) is 21.0. The van der Waals surface area contributed by atoms with E-state index in [9.17, 15) is 0 Å². The molecule has 1 N–H and O–H groups in total. The van der Waals surface area contributed by atoms with Crippen molar-refractivity contribution in [3.05, 3.63) is 48.5 Å². The van der Waals surface area contributed by atoms with Gasteiger partial charge < -0.3 is 10.1 Å². The predicted octanol–water partition coefficient (Wildman–Crippen LogP) is 6.80. The molecule has 2 aliphatic rings. The van der Waals surface area contributed by atoms with E-state index >= 15 is 0 Å². The van der Waals surface area contributed by atoms with Gasteiger partial charge in [0.15, 0.2) is 0 Å². The molecule has 0 atom stereocenters. The van der Waals surface area contributed by atoms with Crippen LogP contribution in [0.1, 0.15) is 60.1 Å². The second-order valence-corrected chi connectivity index (χ2v) is 8.41. The lowest BCUT2D eigenvalue weighted by atomic mass is 9.90. The van der Waals surface area contributed by atoms with Crippen molar-refractivity contribution in [3.8, 4) is 16.9 Å². The van der Waals surface area contributed by atoms with Crippen molar-refractivity contribution in [2.75, 3.05) is 31.7 Å². The van der Waals surface area contributed by atoms with Gasteiger partial charge in [0.2, 0.25) is 0 Å². The van der Waals surface area contributed by atoms with Gasteiger partial charge in [0.25, 0.3) is 0 Å². The van der Waals surface area contributed by atoms with Gasteiger partial charge in [-0.15, -0.1) is 0 Å². The number of anilines is 1. The Morgan fingerprint density at radius 1 is 0.897 bits per heavy atom. The molecule has 1 saturated carbocycles. The van der Waals surface area contributed by atoms with E-state index in [1.54, 1.807) is 0 Å². The molecule has 1 heterocycles. The minimum absolute atomic E-state index is 0.712. The Kier molecular flexibility index (Phi) is 7.87. The maximum atomic E-state index is 6.40. The smallest absolute Gasteiger partial charge is 0.143 e. The summed E-state index contributed by atoms with van der Waals surface area (Å²) in [7, 11) is 1.25. The molecule has 0 spiro atoms. The van der Waals surface area contributed by atoms with Gasteiger partial charge in [0.05, 0.1) is 19.0 Å². The molecule has 2 fully saturated rings. The van der Waals surface area contributed by atoms with Crippen LogP contribution in [0.25, 0.3) is 11.1 Å². The van der Waals surface area contributed by atoms with Gasteiger partial charge in [-0.25, -0.2) is 0 Å². The Hall–Kier alpha value is -2.00. The molecule has 1 aliphatic heterocycles. The van der Waals surface area contributed by atoms with Gasteiger partial charge in [0.1, 0.15) is 5.75 Å². The van der Waals surface area contributed by atoms with Crippen molar-refractivity contribution < 1.29 is 6.11 Å². The summed E-state index contributed by atoms with van der Waals surface area (Å²) in [6.07, 6.45) is 10.8. The Morgan fingerprint density at radius 3 is 2.38 bits per heavy atom. The maximum absolute atomic E-state index is 6.40. The van der Waals surface area contributed by atoms with Crippen LogP contribution in [0.15, 0.2) is 48.5 Å². The summed E-state index contributed by atoms with van der Waals surface area (Å²) < 4.78 is 12.1. The lowest BCUT2D eigenvalue weighted by Crippen LogP contribution is -2.34. The Balaban J connectivity index is 0.00000124. The number of ether oxygens (including phenoxy) is 1. The SMILES string of the molecule is [2H]C.c1ccc(-c2ccc(NCN3CCCCC3)c(OCC3CCCCC3)c2)cc1. The molecule has 1 aliphatic carbocycles. The first kappa shape index (κ1) is 20.3. The van der Waals surface area contributed by atoms with E-state index in [1.165, 1.54) is 83.0 Å². The summed E-state index contributed by atoms with van der Waals surface area (Å²) in [5.41, 5.74) is 3.59. The zero-order valence-electron chi connectivity index (χ0n) is 19.0. The van der Waals surface area contributed by atoms with E-state index in [2.05, 4.69) is 58.7 Å². The number of piperidine rings is 1. The van der Waals surface area contributed by atoms with E-state index in [0.29, 0.717) is 5.92 Å². The average Bonchev–Trinajstić information content (AvgIpc) is 2.85. The van der Waals surface area contributed by atoms with Crippen LogP contribution in [-0.2, 0) is 0 Å². The average molecular weight is 396 g/mol. The highest BCUT2D eigenvalue weighted by atomic mass is 16.5. The molecule has 29 heavy (non-hydrogen) atoms. The molecule has 0 amide bonds. The fraction of sp³-hybridized carbons (Fsp3) is 0.538. The fourth-order valence-electron chi connectivity index (χ4n) is 4.47. The molecule has 1 saturated heterocycles. The molecular formula is C26H38N2O. The number of nitrogens with zero attached hydrogens (tertiary/aromatic N) is 1. The molecular weight excluding hydrogens is 356 g/mol. The highest BCUT2D eigenvalue weighted by molar-refractivity contribution is 5.70. The summed E-state index contributed by atoms with van der Waals surface area (Å²) in [5, 5.41) is 3.65. The molecule has 2 aromatic carbocycles. The van der Waals surface area contributed by atoms with E-state index in [-0.39, 0.29) is 0 Å². The van der Waals surface area contributed by atoms with Crippen LogP contribution in [-0.4, -0.2) is 31.3 Å². The van der Waals surface area contributed by atoms with Crippen molar-refractivity contribution >= 4 is 5.69 Å². The van der Waals surface area contributed by atoms with Crippen molar-refractivity contribution in [3.63, 3.8) is 0 Å². The highest BCUT2D eigenvalue weighted by Crippen LogP contribution is 2.33. The van der Waals surface area contributed by atoms with E-state index in [1.807, 2.05) is 0 Å². The lowest BCUT2D eigenvalue weighted by molar-refractivity contribution is 0.209. The van der Waals surface area contributed by atoms with Crippen molar-refractivity contribution in [2.24, 2.45) is 5.92 Å². The van der Waals surface area contributed by atoms with E-state index in [4.69, 9.17) is 6.11 Å². The summed E-state index contributed by atoms with van der Waals surface area (Å²) in [6.45, 7) is 4.15. The van der Waals surface area contributed by atoms with Gasteiger partial charge in [0, 0.05) is 1.37 Å². The van der Waals surface area contributed by atoms with Crippen LogP contribution in [0.5, 0.6) is 5.75 Å². The second kappa shape index (κ2) is 11.3. The lowest BCUT2D eigenvalue weighted by Gasteiger charge is -2.28. The number of nitrogens with one attached hydrogen (secondary N) is 1. The molecule has 0 aromatic heterocycles. The molecule has 0 radical (unpaired) electrons. The third kappa shape index (κ3) is 6.24. The summed E-state index contributed by atoms with van der Waals surface area (Å²) in [4.78, 5) is 2.51. The molecule has 0 bridgehead atoms. The maximum Gasteiger partial charge on any atom is 0.143 e. The van der Waals surface area contributed by atoms with Gasteiger partial charge in [-0.3, -0.25) is 4.90 Å². The first-order chi connectivity index (χ1) is 14.9. The predicted molar refractivity (Wildman–Crippen MR) is 125 cm³/mol. The second-order valence-electron chi connectivity index (χ2n) is 8.41. The van der Waals surface area contributed by atoms with E-state index < -0.39 is 0 Å². The van der Waals surface area contributed by atoms with Crippen LogP contribution in [0.4, 0.5) is 5.69 Å². The Bertz CT molecular complexity index is 725. The number of likely N-dealkylation sites (tertiary alicyclic amines) is 1. The third-order valence-electron chi connectivity index (χ3n) is 6.23. The van der Waals surface area contributed by atoms with Crippen molar-refractivity contribution in [2.45, 2.75) is 58.8 Å². The van der Waals surface area contributed by atoms with Crippen molar-refractivity contribution in [1.82, 2.24) is 4.90 Å². The van der Waals surface area contributed by atoms with Gasteiger partial charge >= 0.3 is 0 Å². The summed E-state index contributed by atoms with van der Waals surface area (Å²) in [5.74, 6) is 1.72.